The van der Waals surface area contributed by atoms with Gasteiger partial charge < -0.3 is 4.42 Å². The minimum absolute atomic E-state index is 0.521. The maximum Gasteiger partial charge on any atom is 0.238 e. The van der Waals surface area contributed by atoms with Crippen molar-refractivity contribution in [2.75, 3.05) is 0 Å². The van der Waals surface area contributed by atoms with Crippen LogP contribution >= 0.6 is 0 Å². The minimum atomic E-state index is 0.521. The highest BCUT2D eigenvalue weighted by atomic mass is 16.3. The van der Waals surface area contributed by atoms with Gasteiger partial charge in [0.2, 0.25) is 5.95 Å². The average molecular weight is 765 g/mol. The third-order valence-corrected chi connectivity index (χ3v) is 12.2. The Balaban J connectivity index is 1.25. The first-order valence-corrected chi connectivity index (χ1v) is 20.3. The van der Waals surface area contributed by atoms with E-state index in [1.54, 1.807) is 0 Å². The predicted molar refractivity (Wildman–Crippen MR) is 248 cm³/mol. The molecular weight excluding hydrogens is 733 g/mol. The molecule has 0 aliphatic rings. The number of aromatic nitrogens is 4. The number of benzene rings is 10. The number of fused-ring (bicyclic) bond motifs is 17. The van der Waals surface area contributed by atoms with Crippen LogP contribution in [0, 0.1) is 0 Å². The van der Waals surface area contributed by atoms with Crippen molar-refractivity contribution in [1.82, 2.24) is 19.5 Å². The summed E-state index contributed by atoms with van der Waals surface area (Å²) in [5.41, 5.74) is 7.67. The van der Waals surface area contributed by atoms with Crippen molar-refractivity contribution in [2.24, 2.45) is 0 Å². The molecule has 3 heterocycles. The molecule has 0 aliphatic carbocycles. The molecule has 278 valence electrons. The maximum atomic E-state index is 6.93. The minimum Gasteiger partial charge on any atom is -0.454 e. The molecule has 13 aromatic rings. The molecular formula is C55H32N4O. The number of nitrogens with zero attached hydrogens (tertiary/aromatic N) is 4. The van der Waals surface area contributed by atoms with E-state index in [9.17, 15) is 0 Å². The fourth-order valence-corrected chi connectivity index (χ4v) is 9.60. The summed E-state index contributed by atoms with van der Waals surface area (Å²) in [6.45, 7) is 0. The van der Waals surface area contributed by atoms with Crippen molar-refractivity contribution >= 4 is 86.8 Å². The lowest BCUT2D eigenvalue weighted by molar-refractivity contribution is 0.670. The van der Waals surface area contributed by atoms with Crippen molar-refractivity contribution < 1.29 is 4.42 Å². The molecule has 13 rings (SSSR count). The zero-order chi connectivity index (χ0) is 39.3. The molecule has 0 bridgehead atoms. The van der Waals surface area contributed by atoms with Crippen LogP contribution in [-0.4, -0.2) is 19.5 Å². The van der Waals surface area contributed by atoms with Crippen LogP contribution in [0.1, 0.15) is 0 Å². The summed E-state index contributed by atoms with van der Waals surface area (Å²) in [4.78, 5) is 16.1. The van der Waals surface area contributed by atoms with E-state index in [1.165, 1.54) is 32.3 Å². The molecule has 10 aromatic carbocycles. The second-order valence-corrected chi connectivity index (χ2v) is 15.5. The monoisotopic (exact) mass is 764 g/mol. The van der Waals surface area contributed by atoms with Crippen molar-refractivity contribution in [3.8, 4) is 39.9 Å². The van der Waals surface area contributed by atoms with E-state index in [0.717, 1.165) is 76.8 Å². The maximum absolute atomic E-state index is 6.93. The van der Waals surface area contributed by atoms with E-state index >= 15 is 0 Å². The smallest absolute Gasteiger partial charge is 0.238 e. The van der Waals surface area contributed by atoms with Crippen LogP contribution in [0.2, 0.25) is 0 Å². The van der Waals surface area contributed by atoms with Gasteiger partial charge in [-0.2, -0.15) is 9.97 Å². The second-order valence-electron chi connectivity index (χ2n) is 15.5. The second kappa shape index (κ2) is 12.7. The molecule has 0 atom stereocenters. The van der Waals surface area contributed by atoms with E-state index in [1.807, 2.05) is 36.4 Å². The molecule has 0 spiro atoms. The van der Waals surface area contributed by atoms with Crippen LogP contribution in [0.25, 0.3) is 127 Å². The lowest BCUT2D eigenvalue weighted by atomic mass is 9.89. The summed E-state index contributed by atoms with van der Waals surface area (Å²) in [6.07, 6.45) is 0. The van der Waals surface area contributed by atoms with Crippen molar-refractivity contribution in [3.63, 3.8) is 0 Å². The van der Waals surface area contributed by atoms with E-state index in [0.29, 0.717) is 17.6 Å². The Bertz CT molecular complexity index is 3870. The number of furan rings is 1. The quantitative estimate of drug-likeness (QED) is 0.167. The molecule has 0 saturated carbocycles. The van der Waals surface area contributed by atoms with Gasteiger partial charge in [-0.1, -0.05) is 182 Å². The first-order chi connectivity index (χ1) is 29.8. The van der Waals surface area contributed by atoms with Gasteiger partial charge in [-0.05, 0) is 55.6 Å². The summed E-state index contributed by atoms with van der Waals surface area (Å²) in [5.74, 6) is 1.70. The summed E-state index contributed by atoms with van der Waals surface area (Å²) in [6, 6.07) is 68.4. The molecule has 0 radical (unpaired) electrons. The molecule has 0 unspecified atom stereocenters. The Labute approximate surface area is 343 Å². The van der Waals surface area contributed by atoms with E-state index in [-0.39, 0.29) is 0 Å². The highest BCUT2D eigenvalue weighted by Crippen LogP contribution is 2.49. The van der Waals surface area contributed by atoms with Gasteiger partial charge in [0.05, 0.1) is 5.52 Å². The van der Waals surface area contributed by atoms with Crippen LogP contribution in [0.15, 0.2) is 199 Å². The van der Waals surface area contributed by atoms with E-state index in [2.05, 4.69) is 162 Å². The molecule has 5 nitrogen and oxygen atoms in total. The summed E-state index contributed by atoms with van der Waals surface area (Å²) >= 11 is 0. The van der Waals surface area contributed by atoms with Gasteiger partial charge in [0.1, 0.15) is 11.1 Å². The van der Waals surface area contributed by atoms with Crippen molar-refractivity contribution in [1.29, 1.82) is 0 Å². The average Bonchev–Trinajstić information content (AvgIpc) is 3.89. The third-order valence-electron chi connectivity index (χ3n) is 12.2. The lowest BCUT2D eigenvalue weighted by Crippen LogP contribution is -2.07. The Kier molecular flexibility index (Phi) is 6.95. The Morgan fingerprint density at radius 1 is 0.300 bits per heavy atom. The normalized spacial score (nSPS) is 12.0. The molecule has 0 N–H and O–H groups in total. The summed E-state index contributed by atoms with van der Waals surface area (Å²) in [7, 11) is 0. The third kappa shape index (κ3) is 4.71. The topological polar surface area (TPSA) is 56.7 Å². The number of hydrogen-bond acceptors (Lipinski definition) is 4. The highest BCUT2D eigenvalue weighted by molar-refractivity contribution is 6.43. The zero-order valence-corrected chi connectivity index (χ0v) is 32.2. The fraction of sp³-hybridized carbons (Fsp3) is 0. The Hall–Kier alpha value is -8.15. The molecule has 3 aromatic heterocycles. The van der Waals surface area contributed by atoms with Crippen LogP contribution in [0.4, 0.5) is 0 Å². The standard InChI is InChI=1S/C55H32N4O/c1-3-15-33(16-4-1)34-27-29-36(30-28-34)54-56-53(35-17-5-2-6-18-35)57-55(58-54)59-50-45(32-31-44-39-21-13-14-26-46(39)60-52(44)50)48-43-25-12-11-24-42(43)47-40-22-9-7-19-37(40)38-20-8-10-23-41(38)49(47)51(48)59/h1-32H. The number of hydrogen-bond donors (Lipinski definition) is 0. The van der Waals surface area contributed by atoms with Crippen LogP contribution in [0.5, 0.6) is 0 Å². The molecule has 5 heteroatoms. The van der Waals surface area contributed by atoms with Gasteiger partial charge in [-0.15, -0.1) is 0 Å². The molecule has 60 heavy (non-hydrogen) atoms. The summed E-state index contributed by atoms with van der Waals surface area (Å²) in [5, 5.41) is 13.8. The highest BCUT2D eigenvalue weighted by Gasteiger charge is 2.27. The van der Waals surface area contributed by atoms with E-state index in [4.69, 9.17) is 19.4 Å². The van der Waals surface area contributed by atoms with Gasteiger partial charge in [0.15, 0.2) is 17.2 Å². The van der Waals surface area contributed by atoms with Crippen LogP contribution in [0.3, 0.4) is 0 Å². The number of rotatable bonds is 4. The first kappa shape index (κ1) is 32.9. The lowest BCUT2D eigenvalue weighted by Gasteiger charge is -2.17. The van der Waals surface area contributed by atoms with Gasteiger partial charge >= 0.3 is 0 Å². The molecule has 0 amide bonds. The predicted octanol–water partition coefficient (Wildman–Crippen LogP) is 14.5. The fourth-order valence-electron chi connectivity index (χ4n) is 9.60. The number of para-hydroxylation sites is 1. The zero-order valence-electron chi connectivity index (χ0n) is 32.2. The molecule has 0 fully saturated rings. The molecule has 0 aliphatic heterocycles. The van der Waals surface area contributed by atoms with E-state index < -0.39 is 0 Å². The summed E-state index contributed by atoms with van der Waals surface area (Å²) < 4.78 is 9.21. The molecule has 0 saturated heterocycles. The van der Waals surface area contributed by atoms with Crippen LogP contribution < -0.4 is 0 Å². The van der Waals surface area contributed by atoms with Crippen LogP contribution in [-0.2, 0) is 0 Å². The van der Waals surface area contributed by atoms with Gasteiger partial charge in [0, 0.05) is 43.4 Å². The van der Waals surface area contributed by atoms with Gasteiger partial charge in [-0.3, -0.25) is 4.57 Å². The Morgan fingerprint density at radius 3 is 1.40 bits per heavy atom. The largest absolute Gasteiger partial charge is 0.454 e. The van der Waals surface area contributed by atoms with Gasteiger partial charge in [0.25, 0.3) is 0 Å². The van der Waals surface area contributed by atoms with Crippen molar-refractivity contribution in [2.45, 2.75) is 0 Å². The SMILES string of the molecule is c1ccc(-c2ccc(-c3nc(-c4ccccc4)nc(-n4c5c(ccc6c7ccccc7oc65)c5c6ccccc6c6c7ccccc7c7ccccc7c6c54)n3)cc2)cc1. The first-order valence-electron chi connectivity index (χ1n) is 20.3. The van der Waals surface area contributed by atoms with Crippen molar-refractivity contribution in [3.05, 3.63) is 194 Å². The van der Waals surface area contributed by atoms with Gasteiger partial charge in [-0.25, -0.2) is 4.98 Å². The Morgan fingerprint density at radius 2 is 0.750 bits per heavy atom.